The number of piperidine rings is 1. The second kappa shape index (κ2) is 9.55. The summed E-state index contributed by atoms with van der Waals surface area (Å²) in [7, 11) is 2.18. The van der Waals surface area contributed by atoms with Crippen molar-refractivity contribution >= 4 is 22.9 Å². The Morgan fingerprint density at radius 3 is 2.53 bits per heavy atom. The molecule has 3 heterocycles. The van der Waals surface area contributed by atoms with Crippen LogP contribution in [0.3, 0.4) is 0 Å². The normalized spacial score (nSPS) is 16.9. The van der Waals surface area contributed by atoms with E-state index in [1.165, 1.54) is 0 Å². The van der Waals surface area contributed by atoms with Crippen molar-refractivity contribution in [3.63, 3.8) is 0 Å². The van der Waals surface area contributed by atoms with E-state index >= 15 is 0 Å². The van der Waals surface area contributed by atoms with Crippen LogP contribution < -0.4 is 5.73 Å². The van der Waals surface area contributed by atoms with E-state index in [1.54, 1.807) is 17.5 Å². The molecule has 1 atom stereocenters. The molecule has 7 heteroatoms. The molecule has 0 bridgehead atoms. The van der Waals surface area contributed by atoms with Crippen LogP contribution in [0, 0.1) is 0 Å². The molecule has 0 aliphatic carbocycles. The molecule has 1 fully saturated rings. The van der Waals surface area contributed by atoms with Crippen LogP contribution in [0.15, 0.2) is 66.9 Å². The van der Waals surface area contributed by atoms with Gasteiger partial charge in [-0.25, -0.2) is 15.0 Å². The predicted molar refractivity (Wildman–Crippen MR) is 140 cm³/mol. The molecule has 1 aliphatic heterocycles. The lowest BCUT2D eigenvalue weighted by molar-refractivity contribution is 0.255. The summed E-state index contributed by atoms with van der Waals surface area (Å²) in [6.45, 7) is 4.13. The monoisotopic (exact) mass is 489 g/mol. The van der Waals surface area contributed by atoms with Crippen LogP contribution in [-0.2, 0) is 5.54 Å². The van der Waals surface area contributed by atoms with Gasteiger partial charge in [0.25, 0.3) is 0 Å². The van der Waals surface area contributed by atoms with Crippen LogP contribution in [0.5, 0.6) is 0 Å². The summed E-state index contributed by atoms with van der Waals surface area (Å²) in [5.41, 5.74) is 9.67. The van der Waals surface area contributed by atoms with Gasteiger partial charge in [-0.15, -0.1) is 11.3 Å². The van der Waals surface area contributed by atoms with E-state index in [9.17, 15) is 0 Å². The zero-order valence-corrected chi connectivity index (χ0v) is 21.0. The lowest BCUT2D eigenvalue weighted by Gasteiger charge is -2.27. The average Bonchev–Trinajstić information content (AvgIpc) is 3.31. The maximum absolute atomic E-state index is 6.75. The molecule has 1 aliphatic rings. The maximum Gasteiger partial charge on any atom is 0.153 e. The van der Waals surface area contributed by atoms with Crippen LogP contribution in [0.2, 0.25) is 5.02 Å². The highest BCUT2D eigenvalue weighted by Crippen LogP contribution is 2.41. The quantitative estimate of drug-likeness (QED) is 0.375. The van der Waals surface area contributed by atoms with Crippen LogP contribution >= 0.6 is 22.9 Å². The van der Waals surface area contributed by atoms with E-state index in [1.807, 2.05) is 61.5 Å². The minimum Gasteiger partial charge on any atom is -0.315 e. The number of thiazole rings is 1. The first-order chi connectivity index (χ1) is 16.4. The van der Waals surface area contributed by atoms with Crippen molar-refractivity contribution in [2.45, 2.75) is 31.2 Å². The van der Waals surface area contributed by atoms with Gasteiger partial charge in [-0.3, -0.25) is 0 Å². The molecule has 0 unspecified atom stereocenters. The van der Waals surface area contributed by atoms with Crippen molar-refractivity contribution in [2.24, 2.45) is 5.73 Å². The third kappa shape index (κ3) is 4.64. The Balaban J connectivity index is 1.59. The highest BCUT2D eigenvalue weighted by atomic mass is 35.5. The van der Waals surface area contributed by atoms with Gasteiger partial charge in [-0.05, 0) is 63.7 Å². The second-order valence-electron chi connectivity index (χ2n) is 9.15. The van der Waals surface area contributed by atoms with Gasteiger partial charge in [-0.2, -0.15) is 0 Å². The summed E-state index contributed by atoms with van der Waals surface area (Å²) < 4.78 is 0. The molecule has 2 N–H and O–H groups in total. The Hall–Kier alpha value is -2.64. The molecule has 2 aromatic carbocycles. The number of aromatic nitrogens is 3. The van der Waals surface area contributed by atoms with Crippen molar-refractivity contribution in [1.82, 2.24) is 19.9 Å². The number of hydrogen-bond acceptors (Lipinski definition) is 6. The summed E-state index contributed by atoms with van der Waals surface area (Å²) in [4.78, 5) is 18.1. The lowest BCUT2D eigenvalue weighted by Crippen LogP contribution is -2.36. The van der Waals surface area contributed by atoms with Gasteiger partial charge in [0.15, 0.2) is 5.82 Å². The molecular formula is C27H28ClN5S. The topological polar surface area (TPSA) is 67.9 Å². The van der Waals surface area contributed by atoms with Gasteiger partial charge in [0.2, 0.25) is 0 Å². The number of rotatable bonds is 5. The zero-order valence-electron chi connectivity index (χ0n) is 19.4. The number of benzene rings is 2. The molecule has 174 valence electrons. The fourth-order valence-electron chi connectivity index (χ4n) is 4.42. The van der Waals surface area contributed by atoms with Crippen molar-refractivity contribution in [3.05, 3.63) is 88.3 Å². The second-order valence-corrected chi connectivity index (χ2v) is 10.6. The first kappa shape index (κ1) is 23.1. The van der Waals surface area contributed by atoms with Crippen LogP contribution in [0.1, 0.15) is 42.1 Å². The maximum atomic E-state index is 6.75. The third-order valence-corrected chi connectivity index (χ3v) is 8.01. The Morgan fingerprint density at radius 2 is 1.79 bits per heavy atom. The molecule has 2 aromatic heterocycles. The van der Waals surface area contributed by atoms with Gasteiger partial charge in [0.05, 0.1) is 26.8 Å². The largest absolute Gasteiger partial charge is 0.315 e. The molecule has 0 spiro atoms. The summed E-state index contributed by atoms with van der Waals surface area (Å²) in [5, 5.41) is 1.86. The highest BCUT2D eigenvalue weighted by molar-refractivity contribution is 7.15. The average molecular weight is 490 g/mol. The molecule has 5 nitrogen and oxygen atoms in total. The van der Waals surface area contributed by atoms with Gasteiger partial charge >= 0.3 is 0 Å². The van der Waals surface area contributed by atoms with Crippen molar-refractivity contribution < 1.29 is 0 Å². The Bertz CT molecular complexity index is 1280. The molecule has 0 radical (unpaired) electrons. The number of nitrogens with zero attached hydrogens (tertiary/aromatic N) is 4. The number of likely N-dealkylation sites (tertiary alicyclic amines) is 1. The number of halogens is 1. The molecule has 0 amide bonds. The van der Waals surface area contributed by atoms with Crippen molar-refractivity contribution in [2.75, 3.05) is 20.1 Å². The molecule has 5 rings (SSSR count). The first-order valence-corrected chi connectivity index (χ1v) is 12.7. The van der Waals surface area contributed by atoms with E-state index in [4.69, 9.17) is 27.3 Å². The van der Waals surface area contributed by atoms with E-state index in [0.717, 1.165) is 58.3 Å². The number of hydrogen-bond donors (Lipinski definition) is 1. The van der Waals surface area contributed by atoms with Gasteiger partial charge < -0.3 is 10.6 Å². The smallest absolute Gasteiger partial charge is 0.153 e. The van der Waals surface area contributed by atoms with E-state index < -0.39 is 5.54 Å². The zero-order chi connectivity index (χ0) is 23.7. The molecule has 0 saturated carbocycles. The van der Waals surface area contributed by atoms with Gasteiger partial charge in [0, 0.05) is 22.7 Å². The minimum absolute atomic E-state index is 0.457. The molecule has 1 saturated heterocycles. The summed E-state index contributed by atoms with van der Waals surface area (Å²) >= 11 is 8.08. The molecule has 34 heavy (non-hydrogen) atoms. The van der Waals surface area contributed by atoms with Crippen LogP contribution in [0.25, 0.3) is 21.8 Å². The third-order valence-electron chi connectivity index (χ3n) is 6.54. The van der Waals surface area contributed by atoms with Gasteiger partial charge in [0.1, 0.15) is 0 Å². The Kier molecular flexibility index (Phi) is 6.49. The SMILES string of the molecule is CN1CCC(c2nc(-c3cccc(Cl)c3)c(-c3ccnc([C@@](C)(N)c4ccccc4)n3)s2)CC1. The fourth-order valence-corrected chi connectivity index (χ4v) is 5.84. The van der Waals surface area contributed by atoms with Crippen molar-refractivity contribution in [1.29, 1.82) is 0 Å². The highest BCUT2D eigenvalue weighted by Gasteiger charge is 2.29. The van der Waals surface area contributed by atoms with Gasteiger partial charge in [-0.1, -0.05) is 54.1 Å². The van der Waals surface area contributed by atoms with Crippen LogP contribution in [-0.4, -0.2) is 40.0 Å². The fraction of sp³-hybridized carbons (Fsp3) is 0.296. The Labute approximate surface area is 209 Å². The molecule has 4 aromatic rings. The summed E-state index contributed by atoms with van der Waals surface area (Å²) in [5.74, 6) is 1.04. The summed E-state index contributed by atoms with van der Waals surface area (Å²) in [6, 6.07) is 19.8. The minimum atomic E-state index is -0.811. The standard InChI is InChI=1S/C27H28ClN5S/c1-27(29,20-8-4-3-5-9-20)26-30-14-11-22(31-26)24-23(19-7-6-10-21(28)17-19)32-25(34-24)18-12-15-33(2)16-13-18/h3-11,14,17-18H,12-13,15-16,29H2,1-2H3/t27-/m0/s1. The number of nitrogens with two attached hydrogens (primary N) is 1. The van der Waals surface area contributed by atoms with E-state index in [2.05, 4.69) is 23.0 Å². The lowest BCUT2D eigenvalue weighted by atomic mass is 9.92. The van der Waals surface area contributed by atoms with Crippen LogP contribution in [0.4, 0.5) is 0 Å². The summed E-state index contributed by atoms with van der Waals surface area (Å²) in [6.07, 6.45) is 4.02. The van der Waals surface area contributed by atoms with E-state index in [0.29, 0.717) is 16.8 Å². The van der Waals surface area contributed by atoms with E-state index in [-0.39, 0.29) is 0 Å². The first-order valence-electron chi connectivity index (χ1n) is 11.6. The predicted octanol–water partition coefficient (Wildman–Crippen LogP) is 5.95. The molecular weight excluding hydrogens is 462 g/mol. The van der Waals surface area contributed by atoms with Crippen molar-refractivity contribution in [3.8, 4) is 21.8 Å². The Morgan fingerprint density at radius 1 is 1.03 bits per heavy atom.